The quantitative estimate of drug-likeness (QED) is 0.230. The minimum atomic E-state index is -0.981. The molecule has 190 valence electrons. The summed E-state index contributed by atoms with van der Waals surface area (Å²) >= 11 is 0.949. The van der Waals surface area contributed by atoms with Gasteiger partial charge in [0.2, 0.25) is 0 Å². The number of Topliss-reactive ketones (excluding diaryl/α,β-unsaturated/α-hetero) is 1. The van der Waals surface area contributed by atoms with Crippen LogP contribution < -0.4 is 14.4 Å². The Morgan fingerprint density at radius 2 is 1.89 bits per heavy atom. The number of thiazole rings is 1. The van der Waals surface area contributed by atoms with Gasteiger partial charge in [-0.3, -0.25) is 14.5 Å². The number of ketones is 1. The Morgan fingerprint density at radius 1 is 1.16 bits per heavy atom. The lowest BCUT2D eigenvalue weighted by Crippen LogP contribution is -2.29. The van der Waals surface area contributed by atoms with E-state index in [0.29, 0.717) is 29.0 Å². The van der Waals surface area contributed by atoms with E-state index in [0.717, 1.165) is 22.6 Å². The van der Waals surface area contributed by atoms with E-state index in [2.05, 4.69) is 4.98 Å². The molecule has 3 aromatic rings. The molecule has 0 bridgehead atoms. The number of ether oxygens (including phenoxy) is 3. The van der Waals surface area contributed by atoms with Gasteiger partial charge >= 0.3 is 11.9 Å². The van der Waals surface area contributed by atoms with Crippen molar-refractivity contribution in [2.75, 3.05) is 19.1 Å². The van der Waals surface area contributed by atoms with Crippen molar-refractivity contribution in [3.63, 3.8) is 0 Å². The fourth-order valence-corrected chi connectivity index (χ4v) is 5.64. The molecule has 0 radical (unpaired) electrons. The third kappa shape index (κ3) is 4.13. The molecule has 2 aliphatic heterocycles. The second-order valence-corrected chi connectivity index (χ2v) is 9.78. The van der Waals surface area contributed by atoms with Gasteiger partial charge in [0, 0.05) is 12.0 Å². The van der Waals surface area contributed by atoms with Gasteiger partial charge in [-0.25, -0.2) is 9.78 Å². The zero-order chi connectivity index (χ0) is 26.4. The Hall–Kier alpha value is -4.18. The molecule has 2 atom stereocenters. The van der Waals surface area contributed by atoms with Crippen LogP contribution in [0.1, 0.15) is 45.0 Å². The number of amides is 1. The highest BCUT2D eigenvalue weighted by Gasteiger charge is 2.48. The first-order valence-corrected chi connectivity index (χ1v) is 12.4. The van der Waals surface area contributed by atoms with Crippen molar-refractivity contribution >= 4 is 39.9 Å². The number of fused-ring (bicyclic) bond motifs is 1. The molecular weight excluding hydrogens is 496 g/mol. The van der Waals surface area contributed by atoms with E-state index in [1.807, 2.05) is 6.92 Å². The first-order chi connectivity index (χ1) is 17.7. The summed E-state index contributed by atoms with van der Waals surface area (Å²) in [5.41, 5.74) is 2.17. The molecule has 0 aliphatic carbocycles. The van der Waals surface area contributed by atoms with Crippen LogP contribution in [0, 0.1) is 6.92 Å². The van der Waals surface area contributed by atoms with Crippen molar-refractivity contribution in [3.8, 4) is 11.5 Å². The van der Waals surface area contributed by atoms with E-state index in [9.17, 15) is 19.5 Å². The summed E-state index contributed by atoms with van der Waals surface area (Å²) in [6.07, 6.45) is 0.677. The standard InChI is InChI=1S/C27H24N2O7S/c1-13-11-17-12-16(7-10-19(17)36-13)22(30)20-21(15-5-8-18(34-3)9-6-15)29(25(32)23(20)31)27-28-14(2)24(37-27)26(33)35-4/h5-10,12-13,21,30H,11H2,1-4H3. The Morgan fingerprint density at radius 3 is 2.57 bits per heavy atom. The molecule has 2 aromatic carbocycles. The van der Waals surface area contributed by atoms with E-state index in [1.165, 1.54) is 19.1 Å². The van der Waals surface area contributed by atoms with Crippen molar-refractivity contribution in [3.05, 3.63) is 75.3 Å². The highest BCUT2D eigenvalue weighted by molar-refractivity contribution is 7.17. The predicted molar refractivity (Wildman–Crippen MR) is 136 cm³/mol. The van der Waals surface area contributed by atoms with Crippen LogP contribution in [0.25, 0.3) is 5.76 Å². The average molecular weight is 521 g/mol. The van der Waals surface area contributed by atoms with Gasteiger partial charge in [0.25, 0.3) is 5.78 Å². The SMILES string of the molecule is COC(=O)c1sc(N2C(=O)C(=O)C(=C(O)c3ccc4c(c3)CC(C)O4)C2c2ccc(OC)cc2)nc1C. The molecule has 0 spiro atoms. The molecule has 1 N–H and O–H groups in total. The van der Waals surface area contributed by atoms with Gasteiger partial charge in [0.1, 0.15) is 28.2 Å². The fourth-order valence-electron chi connectivity index (χ4n) is 4.62. The van der Waals surface area contributed by atoms with Crippen LogP contribution >= 0.6 is 11.3 Å². The Bertz CT molecular complexity index is 1460. The normalized spacial score (nSPS) is 20.1. The maximum absolute atomic E-state index is 13.4. The van der Waals surface area contributed by atoms with Crippen molar-refractivity contribution < 1.29 is 33.7 Å². The number of methoxy groups -OCH3 is 2. The molecule has 1 saturated heterocycles. The number of hydrogen-bond acceptors (Lipinski definition) is 9. The zero-order valence-corrected chi connectivity index (χ0v) is 21.4. The molecule has 37 heavy (non-hydrogen) atoms. The lowest BCUT2D eigenvalue weighted by Gasteiger charge is -2.23. The Balaban J connectivity index is 1.68. The monoisotopic (exact) mass is 520 g/mol. The third-order valence-corrected chi connectivity index (χ3v) is 7.54. The van der Waals surface area contributed by atoms with E-state index in [1.54, 1.807) is 49.4 Å². The first kappa shape index (κ1) is 24.5. The molecule has 3 heterocycles. The van der Waals surface area contributed by atoms with Crippen LogP contribution in [0.5, 0.6) is 11.5 Å². The van der Waals surface area contributed by atoms with Gasteiger partial charge in [0.15, 0.2) is 5.13 Å². The number of aliphatic hydroxyl groups excluding tert-OH is 1. The minimum Gasteiger partial charge on any atom is -0.507 e. The largest absolute Gasteiger partial charge is 0.507 e. The lowest BCUT2D eigenvalue weighted by atomic mass is 9.94. The summed E-state index contributed by atoms with van der Waals surface area (Å²) in [6.45, 7) is 3.58. The number of esters is 1. The number of aliphatic hydroxyl groups is 1. The van der Waals surface area contributed by atoms with Crippen molar-refractivity contribution in [1.82, 2.24) is 4.98 Å². The van der Waals surface area contributed by atoms with Gasteiger partial charge in [-0.2, -0.15) is 0 Å². The summed E-state index contributed by atoms with van der Waals surface area (Å²) < 4.78 is 15.8. The van der Waals surface area contributed by atoms with Gasteiger partial charge in [-0.15, -0.1) is 0 Å². The first-order valence-electron chi connectivity index (χ1n) is 11.5. The van der Waals surface area contributed by atoms with Gasteiger partial charge < -0.3 is 19.3 Å². The van der Waals surface area contributed by atoms with E-state index >= 15 is 0 Å². The molecule has 1 amide bonds. The predicted octanol–water partition coefficient (Wildman–Crippen LogP) is 4.20. The summed E-state index contributed by atoms with van der Waals surface area (Å²) in [4.78, 5) is 44.8. The maximum atomic E-state index is 13.4. The van der Waals surface area contributed by atoms with Crippen molar-refractivity contribution in [1.29, 1.82) is 0 Å². The minimum absolute atomic E-state index is 0.00873. The van der Waals surface area contributed by atoms with Crippen LogP contribution in [-0.2, 0) is 20.7 Å². The number of nitrogens with zero attached hydrogens (tertiary/aromatic N) is 2. The summed E-state index contributed by atoms with van der Waals surface area (Å²) in [6, 6.07) is 11.0. The van der Waals surface area contributed by atoms with Gasteiger partial charge in [0.05, 0.1) is 31.5 Å². The third-order valence-electron chi connectivity index (χ3n) is 6.41. The summed E-state index contributed by atoms with van der Waals surface area (Å²) in [5, 5.41) is 11.6. The molecule has 2 aliphatic rings. The maximum Gasteiger partial charge on any atom is 0.350 e. The highest BCUT2D eigenvalue weighted by atomic mass is 32.1. The lowest BCUT2D eigenvalue weighted by molar-refractivity contribution is -0.132. The van der Waals surface area contributed by atoms with Crippen molar-refractivity contribution in [2.45, 2.75) is 32.4 Å². The van der Waals surface area contributed by atoms with Crippen molar-refractivity contribution in [2.24, 2.45) is 0 Å². The molecular formula is C27H24N2O7S. The zero-order valence-electron chi connectivity index (χ0n) is 20.6. The highest BCUT2D eigenvalue weighted by Crippen LogP contribution is 2.44. The molecule has 0 saturated carbocycles. The molecule has 10 heteroatoms. The molecule has 2 unspecified atom stereocenters. The smallest absolute Gasteiger partial charge is 0.350 e. The fraction of sp³-hybridized carbons (Fsp3) is 0.259. The number of aryl methyl sites for hydroxylation is 1. The van der Waals surface area contributed by atoms with Gasteiger partial charge in [-0.05, 0) is 55.3 Å². The number of rotatable bonds is 5. The summed E-state index contributed by atoms with van der Waals surface area (Å²) in [7, 11) is 2.79. The molecule has 5 rings (SSSR count). The van der Waals surface area contributed by atoms with E-state index < -0.39 is 23.7 Å². The number of carbonyl (C=O) groups is 3. The van der Waals surface area contributed by atoms with Crippen LogP contribution in [0.4, 0.5) is 5.13 Å². The number of carbonyl (C=O) groups excluding carboxylic acids is 3. The van der Waals surface area contributed by atoms with Crippen LogP contribution in [0.2, 0.25) is 0 Å². The van der Waals surface area contributed by atoms with E-state index in [4.69, 9.17) is 14.2 Å². The van der Waals surface area contributed by atoms with Crippen LogP contribution in [-0.4, -0.2) is 48.1 Å². The van der Waals surface area contributed by atoms with Crippen LogP contribution in [0.3, 0.4) is 0 Å². The number of benzene rings is 2. The average Bonchev–Trinajstić information content (AvgIpc) is 3.55. The second kappa shape index (κ2) is 9.36. The Labute approximate surface area is 216 Å². The molecule has 1 fully saturated rings. The van der Waals surface area contributed by atoms with Crippen LogP contribution in [0.15, 0.2) is 48.0 Å². The molecule has 1 aromatic heterocycles. The summed E-state index contributed by atoms with van der Waals surface area (Å²) in [5.74, 6) is -1.28. The molecule has 9 nitrogen and oxygen atoms in total. The number of anilines is 1. The Kier molecular flexibility index (Phi) is 6.20. The van der Waals surface area contributed by atoms with E-state index in [-0.39, 0.29) is 27.4 Å². The number of aromatic nitrogens is 1. The number of hydrogen-bond donors (Lipinski definition) is 1. The second-order valence-electron chi connectivity index (χ2n) is 8.80. The van der Waals surface area contributed by atoms with Gasteiger partial charge in [-0.1, -0.05) is 23.5 Å². The topological polar surface area (TPSA) is 115 Å².